The zero-order valence-corrected chi connectivity index (χ0v) is 14.1. The van der Waals surface area contributed by atoms with Gasteiger partial charge in [0.15, 0.2) is 0 Å². The molecule has 2 heterocycles. The van der Waals surface area contributed by atoms with E-state index in [1.165, 1.54) is 0 Å². The number of aryl methyl sites for hydroxylation is 1. The monoisotopic (exact) mass is 322 g/mol. The van der Waals surface area contributed by atoms with Gasteiger partial charge in [-0.25, -0.2) is 4.98 Å². The summed E-state index contributed by atoms with van der Waals surface area (Å²) in [7, 11) is 0. The summed E-state index contributed by atoms with van der Waals surface area (Å²) in [6.07, 6.45) is 3.23. The van der Waals surface area contributed by atoms with Crippen LogP contribution in [0, 0.1) is 0 Å². The lowest BCUT2D eigenvalue weighted by molar-refractivity contribution is -0.124. The van der Waals surface area contributed by atoms with Crippen molar-refractivity contribution in [2.45, 2.75) is 39.3 Å². The molecule has 124 valence electrons. The Morgan fingerprint density at radius 2 is 1.96 bits per heavy atom. The van der Waals surface area contributed by atoms with Gasteiger partial charge in [0, 0.05) is 12.6 Å². The highest BCUT2D eigenvalue weighted by atomic mass is 16.2. The van der Waals surface area contributed by atoms with Crippen LogP contribution in [0.5, 0.6) is 0 Å². The Morgan fingerprint density at radius 3 is 2.67 bits per heavy atom. The van der Waals surface area contributed by atoms with Crippen LogP contribution in [0.3, 0.4) is 0 Å². The Bertz CT molecular complexity index is 826. The standard InChI is InChI=1S/C19H22N4O/c1-3-16(19(24)21-13-14-9-7-8-12-20-14)23-17-11-6-5-10-15(17)22-18(23)4-2/h5-12,16H,3-4,13H2,1-2H3,(H,21,24)/t16-/m0/s1. The van der Waals surface area contributed by atoms with Crippen molar-refractivity contribution < 1.29 is 4.79 Å². The number of pyridine rings is 1. The van der Waals surface area contributed by atoms with Crippen LogP contribution in [-0.4, -0.2) is 20.4 Å². The van der Waals surface area contributed by atoms with Crippen molar-refractivity contribution >= 4 is 16.9 Å². The fourth-order valence-corrected chi connectivity index (χ4v) is 2.97. The molecule has 1 aromatic carbocycles. The normalized spacial score (nSPS) is 12.2. The van der Waals surface area contributed by atoms with Gasteiger partial charge in [0.25, 0.3) is 0 Å². The van der Waals surface area contributed by atoms with Crippen molar-refractivity contribution in [2.24, 2.45) is 0 Å². The summed E-state index contributed by atoms with van der Waals surface area (Å²) in [5, 5.41) is 3.00. The summed E-state index contributed by atoms with van der Waals surface area (Å²) in [6.45, 7) is 4.53. The first-order valence-corrected chi connectivity index (χ1v) is 8.38. The third-order valence-electron chi connectivity index (χ3n) is 4.16. The Labute approximate surface area is 141 Å². The number of aromatic nitrogens is 3. The predicted octanol–water partition coefficient (Wildman–Crippen LogP) is 3.26. The molecular weight excluding hydrogens is 300 g/mol. The Morgan fingerprint density at radius 1 is 1.17 bits per heavy atom. The largest absolute Gasteiger partial charge is 0.349 e. The van der Waals surface area contributed by atoms with Gasteiger partial charge in [-0.1, -0.05) is 32.0 Å². The van der Waals surface area contributed by atoms with Crippen molar-refractivity contribution in [1.82, 2.24) is 19.9 Å². The van der Waals surface area contributed by atoms with E-state index in [2.05, 4.69) is 26.8 Å². The smallest absolute Gasteiger partial charge is 0.243 e. The van der Waals surface area contributed by atoms with E-state index in [9.17, 15) is 4.79 Å². The molecule has 0 unspecified atom stereocenters. The molecule has 1 N–H and O–H groups in total. The number of amides is 1. The number of nitrogens with one attached hydrogen (secondary N) is 1. The molecule has 0 saturated heterocycles. The summed E-state index contributed by atoms with van der Waals surface area (Å²) in [4.78, 5) is 21.7. The van der Waals surface area contributed by atoms with Gasteiger partial charge >= 0.3 is 0 Å². The number of carbonyl (C=O) groups is 1. The summed E-state index contributed by atoms with van der Waals surface area (Å²) in [5.74, 6) is 0.942. The lowest BCUT2D eigenvalue weighted by atomic mass is 10.1. The van der Waals surface area contributed by atoms with E-state index in [1.807, 2.05) is 49.4 Å². The van der Waals surface area contributed by atoms with Gasteiger partial charge in [0.1, 0.15) is 11.9 Å². The third-order valence-corrected chi connectivity index (χ3v) is 4.16. The maximum Gasteiger partial charge on any atom is 0.243 e. The van der Waals surface area contributed by atoms with Crippen LogP contribution < -0.4 is 5.32 Å². The molecule has 24 heavy (non-hydrogen) atoms. The maximum atomic E-state index is 12.8. The van der Waals surface area contributed by atoms with Gasteiger partial charge in [0.2, 0.25) is 5.91 Å². The third kappa shape index (κ3) is 3.15. The molecule has 3 rings (SSSR count). The Hall–Kier alpha value is -2.69. The molecule has 0 saturated carbocycles. The van der Waals surface area contributed by atoms with Crippen LogP contribution in [0.2, 0.25) is 0 Å². The number of carbonyl (C=O) groups excluding carboxylic acids is 1. The Kier molecular flexibility index (Phi) is 4.89. The second kappa shape index (κ2) is 7.25. The molecule has 1 atom stereocenters. The second-order valence-corrected chi connectivity index (χ2v) is 5.70. The van der Waals surface area contributed by atoms with E-state index in [0.717, 1.165) is 29.0 Å². The van der Waals surface area contributed by atoms with Crippen molar-refractivity contribution in [3.8, 4) is 0 Å². The Balaban J connectivity index is 1.87. The SMILES string of the molecule is CCc1nc2ccccc2n1[C@@H](CC)C(=O)NCc1ccccn1. The van der Waals surface area contributed by atoms with Crippen LogP contribution in [0.25, 0.3) is 11.0 Å². The van der Waals surface area contributed by atoms with Crippen LogP contribution in [0.4, 0.5) is 0 Å². The molecule has 0 spiro atoms. The van der Waals surface area contributed by atoms with E-state index >= 15 is 0 Å². The topological polar surface area (TPSA) is 59.8 Å². The number of hydrogen-bond donors (Lipinski definition) is 1. The van der Waals surface area contributed by atoms with Crippen molar-refractivity contribution in [3.05, 3.63) is 60.2 Å². The highest BCUT2D eigenvalue weighted by molar-refractivity contribution is 5.84. The van der Waals surface area contributed by atoms with E-state index in [4.69, 9.17) is 0 Å². The van der Waals surface area contributed by atoms with E-state index in [1.54, 1.807) is 6.20 Å². The van der Waals surface area contributed by atoms with Gasteiger partial charge in [-0.3, -0.25) is 9.78 Å². The van der Waals surface area contributed by atoms with Crippen LogP contribution in [-0.2, 0) is 17.8 Å². The molecule has 2 aromatic heterocycles. The highest BCUT2D eigenvalue weighted by Crippen LogP contribution is 2.24. The average molecular weight is 322 g/mol. The van der Waals surface area contributed by atoms with E-state index in [-0.39, 0.29) is 11.9 Å². The lowest BCUT2D eigenvalue weighted by Gasteiger charge is -2.19. The zero-order valence-electron chi connectivity index (χ0n) is 14.1. The number of fused-ring (bicyclic) bond motifs is 1. The van der Waals surface area contributed by atoms with E-state index < -0.39 is 0 Å². The quantitative estimate of drug-likeness (QED) is 0.758. The number of hydrogen-bond acceptors (Lipinski definition) is 3. The van der Waals surface area contributed by atoms with Crippen molar-refractivity contribution in [3.63, 3.8) is 0 Å². The summed E-state index contributed by atoms with van der Waals surface area (Å²) in [5.41, 5.74) is 2.80. The fraction of sp³-hybridized carbons (Fsp3) is 0.316. The van der Waals surface area contributed by atoms with Gasteiger partial charge < -0.3 is 9.88 Å². The average Bonchev–Trinajstić information content (AvgIpc) is 3.00. The minimum atomic E-state index is -0.268. The molecule has 0 fully saturated rings. The number of nitrogens with zero attached hydrogens (tertiary/aromatic N) is 3. The summed E-state index contributed by atoms with van der Waals surface area (Å²) >= 11 is 0. The van der Waals surface area contributed by atoms with Crippen LogP contribution in [0.1, 0.15) is 37.8 Å². The lowest BCUT2D eigenvalue weighted by Crippen LogP contribution is -2.32. The number of imidazole rings is 1. The zero-order chi connectivity index (χ0) is 16.9. The fourth-order valence-electron chi connectivity index (χ4n) is 2.97. The molecule has 0 bridgehead atoms. The molecule has 0 aliphatic carbocycles. The van der Waals surface area contributed by atoms with Gasteiger partial charge in [-0.05, 0) is 30.7 Å². The minimum absolute atomic E-state index is 0.000932. The first-order valence-electron chi connectivity index (χ1n) is 8.38. The first-order chi connectivity index (χ1) is 11.7. The molecule has 3 aromatic rings. The van der Waals surface area contributed by atoms with Gasteiger partial charge in [-0.15, -0.1) is 0 Å². The van der Waals surface area contributed by atoms with Crippen molar-refractivity contribution in [2.75, 3.05) is 0 Å². The molecule has 0 aliphatic rings. The summed E-state index contributed by atoms with van der Waals surface area (Å²) in [6, 6.07) is 13.4. The van der Waals surface area contributed by atoms with Gasteiger partial charge in [0.05, 0.1) is 23.3 Å². The first kappa shape index (κ1) is 16.2. The minimum Gasteiger partial charge on any atom is -0.349 e. The molecular formula is C19H22N4O. The molecule has 1 amide bonds. The summed E-state index contributed by atoms with van der Waals surface area (Å²) < 4.78 is 2.07. The number of benzene rings is 1. The molecule has 0 aliphatic heterocycles. The van der Waals surface area contributed by atoms with E-state index in [0.29, 0.717) is 13.0 Å². The highest BCUT2D eigenvalue weighted by Gasteiger charge is 2.23. The molecule has 5 nitrogen and oxygen atoms in total. The number of rotatable bonds is 6. The van der Waals surface area contributed by atoms with Gasteiger partial charge in [-0.2, -0.15) is 0 Å². The second-order valence-electron chi connectivity index (χ2n) is 5.70. The predicted molar refractivity (Wildman–Crippen MR) is 94.5 cm³/mol. The van der Waals surface area contributed by atoms with Crippen molar-refractivity contribution in [1.29, 1.82) is 0 Å². The van der Waals surface area contributed by atoms with Crippen LogP contribution in [0.15, 0.2) is 48.7 Å². The van der Waals surface area contributed by atoms with Crippen LogP contribution >= 0.6 is 0 Å². The molecule has 0 radical (unpaired) electrons. The molecule has 5 heteroatoms. The maximum absolute atomic E-state index is 12.8. The number of para-hydroxylation sites is 2.